The third-order valence-electron chi connectivity index (χ3n) is 3.12. The van der Waals surface area contributed by atoms with Crippen LogP contribution in [0.4, 0.5) is 10.5 Å². The summed E-state index contributed by atoms with van der Waals surface area (Å²) in [6.07, 6.45) is 5.81. The lowest BCUT2D eigenvalue weighted by molar-refractivity contribution is 0.0865. The van der Waals surface area contributed by atoms with Crippen LogP contribution in [0.5, 0.6) is 0 Å². The molecule has 2 rings (SSSR count). The van der Waals surface area contributed by atoms with Crippen LogP contribution in [-0.4, -0.2) is 18.5 Å². The molecule has 0 radical (unpaired) electrons. The molecule has 1 aliphatic rings. The molecular formula is C14H17NO3. The fourth-order valence-corrected chi connectivity index (χ4v) is 2.13. The van der Waals surface area contributed by atoms with Crippen LogP contribution in [-0.2, 0) is 4.74 Å². The highest BCUT2D eigenvalue weighted by Gasteiger charge is 2.17. The Kier molecular flexibility index (Phi) is 4.34. The summed E-state index contributed by atoms with van der Waals surface area (Å²) in [5, 5.41) is 2.66. The van der Waals surface area contributed by atoms with Crippen molar-refractivity contribution < 1.29 is 14.3 Å². The standard InChI is InChI=1S/C14H17NO3/c16-10-11-6-8-12(9-7-11)15-14(17)18-13-4-2-1-3-5-13/h6-10,13H,1-5H2,(H,15,17). The summed E-state index contributed by atoms with van der Waals surface area (Å²) in [6.45, 7) is 0. The fraction of sp³-hybridized carbons (Fsp3) is 0.429. The van der Waals surface area contributed by atoms with E-state index in [1.165, 1.54) is 6.42 Å². The minimum absolute atomic E-state index is 0.0491. The maximum absolute atomic E-state index is 11.6. The first-order chi connectivity index (χ1) is 8.78. The Labute approximate surface area is 106 Å². The van der Waals surface area contributed by atoms with Crippen LogP contribution in [0, 0.1) is 0 Å². The number of hydrogen-bond donors (Lipinski definition) is 1. The molecule has 0 aliphatic heterocycles. The summed E-state index contributed by atoms with van der Waals surface area (Å²) >= 11 is 0. The molecule has 0 saturated heterocycles. The Bertz CT molecular complexity index is 408. The SMILES string of the molecule is O=Cc1ccc(NC(=O)OC2CCCCC2)cc1. The van der Waals surface area contributed by atoms with Gasteiger partial charge < -0.3 is 4.74 Å². The Morgan fingerprint density at radius 1 is 1.17 bits per heavy atom. The molecule has 1 fully saturated rings. The fourth-order valence-electron chi connectivity index (χ4n) is 2.13. The molecule has 0 spiro atoms. The van der Waals surface area contributed by atoms with Gasteiger partial charge in [0.1, 0.15) is 12.4 Å². The zero-order chi connectivity index (χ0) is 12.8. The minimum atomic E-state index is -0.416. The second kappa shape index (κ2) is 6.19. The van der Waals surface area contributed by atoms with Gasteiger partial charge in [0.05, 0.1) is 0 Å². The zero-order valence-corrected chi connectivity index (χ0v) is 10.2. The minimum Gasteiger partial charge on any atom is -0.446 e. The Hall–Kier alpha value is -1.84. The van der Waals surface area contributed by atoms with E-state index < -0.39 is 6.09 Å². The van der Waals surface area contributed by atoms with Gasteiger partial charge in [0.2, 0.25) is 0 Å². The van der Waals surface area contributed by atoms with Crippen LogP contribution in [0.1, 0.15) is 42.5 Å². The molecule has 0 aromatic heterocycles. The topological polar surface area (TPSA) is 55.4 Å². The normalized spacial score (nSPS) is 16.0. The lowest BCUT2D eigenvalue weighted by Gasteiger charge is -2.21. The predicted molar refractivity (Wildman–Crippen MR) is 68.8 cm³/mol. The zero-order valence-electron chi connectivity index (χ0n) is 10.2. The number of hydrogen-bond acceptors (Lipinski definition) is 3. The molecule has 1 N–H and O–H groups in total. The third-order valence-corrected chi connectivity index (χ3v) is 3.12. The van der Waals surface area contributed by atoms with Crippen molar-refractivity contribution in [2.75, 3.05) is 5.32 Å². The predicted octanol–water partition coefficient (Wildman–Crippen LogP) is 3.38. The number of anilines is 1. The summed E-state index contributed by atoms with van der Waals surface area (Å²) in [5.74, 6) is 0. The van der Waals surface area contributed by atoms with Crippen LogP contribution in [0.15, 0.2) is 24.3 Å². The molecule has 96 valence electrons. The average Bonchev–Trinajstić information content (AvgIpc) is 2.40. The van der Waals surface area contributed by atoms with Crippen molar-refractivity contribution in [1.29, 1.82) is 0 Å². The van der Waals surface area contributed by atoms with Crippen molar-refractivity contribution in [3.63, 3.8) is 0 Å². The van der Waals surface area contributed by atoms with Crippen LogP contribution in [0.2, 0.25) is 0 Å². The first-order valence-electron chi connectivity index (χ1n) is 6.31. The van der Waals surface area contributed by atoms with Gasteiger partial charge >= 0.3 is 6.09 Å². The molecule has 1 aromatic carbocycles. The Morgan fingerprint density at radius 3 is 2.44 bits per heavy atom. The summed E-state index contributed by atoms with van der Waals surface area (Å²) in [7, 11) is 0. The summed E-state index contributed by atoms with van der Waals surface area (Å²) in [6, 6.07) is 6.68. The molecule has 1 saturated carbocycles. The lowest BCUT2D eigenvalue weighted by Crippen LogP contribution is -2.24. The van der Waals surface area contributed by atoms with Crippen LogP contribution >= 0.6 is 0 Å². The Morgan fingerprint density at radius 2 is 1.83 bits per heavy atom. The molecular weight excluding hydrogens is 230 g/mol. The van der Waals surface area contributed by atoms with Crippen molar-refractivity contribution in [3.05, 3.63) is 29.8 Å². The van der Waals surface area contributed by atoms with E-state index in [1.807, 2.05) is 0 Å². The van der Waals surface area contributed by atoms with Crippen LogP contribution in [0.25, 0.3) is 0 Å². The molecule has 0 heterocycles. The number of carbonyl (C=O) groups is 2. The number of rotatable bonds is 3. The van der Waals surface area contributed by atoms with E-state index in [0.29, 0.717) is 11.3 Å². The molecule has 0 bridgehead atoms. The lowest BCUT2D eigenvalue weighted by atomic mass is 9.98. The number of ether oxygens (including phenoxy) is 1. The maximum Gasteiger partial charge on any atom is 0.411 e. The largest absolute Gasteiger partial charge is 0.446 e. The highest BCUT2D eigenvalue weighted by Crippen LogP contribution is 2.20. The van der Waals surface area contributed by atoms with Crippen molar-refractivity contribution >= 4 is 18.1 Å². The number of nitrogens with one attached hydrogen (secondary N) is 1. The number of amides is 1. The monoisotopic (exact) mass is 247 g/mol. The van der Waals surface area contributed by atoms with Gasteiger partial charge in [0.25, 0.3) is 0 Å². The maximum atomic E-state index is 11.6. The van der Waals surface area contributed by atoms with Crippen molar-refractivity contribution in [3.8, 4) is 0 Å². The van der Waals surface area contributed by atoms with Crippen LogP contribution < -0.4 is 5.32 Å². The van der Waals surface area contributed by atoms with E-state index in [0.717, 1.165) is 32.0 Å². The van der Waals surface area contributed by atoms with E-state index in [2.05, 4.69) is 5.32 Å². The van der Waals surface area contributed by atoms with Crippen molar-refractivity contribution in [1.82, 2.24) is 0 Å². The van der Waals surface area contributed by atoms with Gasteiger partial charge in [-0.25, -0.2) is 4.79 Å². The van der Waals surface area contributed by atoms with Crippen molar-refractivity contribution in [2.24, 2.45) is 0 Å². The molecule has 1 aromatic rings. The van der Waals surface area contributed by atoms with Gasteiger partial charge in [-0.15, -0.1) is 0 Å². The smallest absolute Gasteiger partial charge is 0.411 e. The Balaban J connectivity index is 1.83. The third kappa shape index (κ3) is 3.58. The molecule has 18 heavy (non-hydrogen) atoms. The molecule has 4 nitrogen and oxygen atoms in total. The highest BCUT2D eigenvalue weighted by atomic mass is 16.6. The van der Waals surface area contributed by atoms with Crippen LogP contribution in [0.3, 0.4) is 0 Å². The summed E-state index contributed by atoms with van der Waals surface area (Å²) in [4.78, 5) is 22.1. The van der Waals surface area contributed by atoms with Gasteiger partial charge in [-0.1, -0.05) is 6.42 Å². The van der Waals surface area contributed by atoms with Gasteiger partial charge in [-0.05, 0) is 49.9 Å². The number of aldehydes is 1. The van der Waals surface area contributed by atoms with Gasteiger partial charge in [-0.3, -0.25) is 10.1 Å². The van der Waals surface area contributed by atoms with E-state index in [-0.39, 0.29) is 6.10 Å². The van der Waals surface area contributed by atoms with Crippen molar-refractivity contribution in [2.45, 2.75) is 38.2 Å². The van der Waals surface area contributed by atoms with E-state index in [9.17, 15) is 9.59 Å². The molecule has 0 atom stereocenters. The van der Waals surface area contributed by atoms with Gasteiger partial charge in [-0.2, -0.15) is 0 Å². The second-order valence-electron chi connectivity index (χ2n) is 4.53. The van der Waals surface area contributed by atoms with Gasteiger partial charge in [0, 0.05) is 11.3 Å². The number of carbonyl (C=O) groups excluding carboxylic acids is 2. The quantitative estimate of drug-likeness (QED) is 0.833. The van der Waals surface area contributed by atoms with E-state index in [1.54, 1.807) is 24.3 Å². The average molecular weight is 247 g/mol. The molecule has 1 amide bonds. The summed E-state index contributed by atoms with van der Waals surface area (Å²) < 4.78 is 5.33. The number of benzene rings is 1. The first-order valence-corrected chi connectivity index (χ1v) is 6.31. The molecule has 0 unspecified atom stereocenters. The molecule has 1 aliphatic carbocycles. The molecule has 4 heteroatoms. The second-order valence-corrected chi connectivity index (χ2v) is 4.53. The van der Waals surface area contributed by atoms with E-state index >= 15 is 0 Å². The summed E-state index contributed by atoms with van der Waals surface area (Å²) in [5.41, 5.74) is 1.22. The van der Waals surface area contributed by atoms with Gasteiger partial charge in [0.15, 0.2) is 0 Å². The van der Waals surface area contributed by atoms with E-state index in [4.69, 9.17) is 4.74 Å². The highest BCUT2D eigenvalue weighted by molar-refractivity contribution is 5.85. The first kappa shape index (κ1) is 12.6.